The van der Waals surface area contributed by atoms with Crippen LogP contribution in [0, 0.1) is 11.3 Å². The summed E-state index contributed by atoms with van der Waals surface area (Å²) in [5, 5.41) is 12.2. The fourth-order valence-electron chi connectivity index (χ4n) is 1.84. The van der Waals surface area contributed by atoms with Crippen LogP contribution in [0.3, 0.4) is 0 Å². The maximum atomic E-state index is 8.91. The number of furan rings is 1. The molecule has 2 aromatic rings. The molecule has 0 aliphatic carbocycles. The van der Waals surface area contributed by atoms with Crippen LogP contribution in [0.4, 0.5) is 11.4 Å². The Bertz CT molecular complexity index is 555. The molecular formula is C14H15N3O. The van der Waals surface area contributed by atoms with Crippen LogP contribution < -0.4 is 11.1 Å². The van der Waals surface area contributed by atoms with Gasteiger partial charge in [-0.15, -0.1) is 0 Å². The van der Waals surface area contributed by atoms with Gasteiger partial charge in [0.05, 0.1) is 23.2 Å². The Morgan fingerprint density at radius 1 is 1.39 bits per heavy atom. The number of nitrogens with zero attached hydrogens (tertiary/aromatic N) is 1. The smallest absolute Gasteiger partial charge is 0.105 e. The molecule has 0 saturated carbocycles. The van der Waals surface area contributed by atoms with Crippen molar-refractivity contribution in [3.63, 3.8) is 0 Å². The molecule has 4 nitrogen and oxygen atoms in total. The van der Waals surface area contributed by atoms with E-state index in [0.29, 0.717) is 11.3 Å². The van der Waals surface area contributed by atoms with Gasteiger partial charge in [-0.05, 0) is 31.2 Å². The quantitative estimate of drug-likeness (QED) is 0.807. The van der Waals surface area contributed by atoms with Crippen molar-refractivity contribution < 1.29 is 4.42 Å². The number of rotatable bonds is 4. The third kappa shape index (κ3) is 2.64. The summed E-state index contributed by atoms with van der Waals surface area (Å²) >= 11 is 0. The molecule has 2 rings (SSSR count). The first-order valence-corrected chi connectivity index (χ1v) is 5.78. The zero-order valence-electron chi connectivity index (χ0n) is 10.2. The van der Waals surface area contributed by atoms with E-state index in [1.54, 1.807) is 12.3 Å². The van der Waals surface area contributed by atoms with Gasteiger partial charge in [0.15, 0.2) is 0 Å². The summed E-state index contributed by atoms with van der Waals surface area (Å²) in [6.07, 6.45) is 2.43. The molecule has 3 N–H and O–H groups in total. The zero-order valence-corrected chi connectivity index (χ0v) is 10.2. The van der Waals surface area contributed by atoms with Gasteiger partial charge in [0, 0.05) is 12.5 Å². The lowest BCUT2D eigenvalue weighted by molar-refractivity contribution is 0.498. The second-order valence-corrected chi connectivity index (χ2v) is 4.21. The molecule has 1 heterocycles. The number of para-hydroxylation sites is 1. The van der Waals surface area contributed by atoms with Gasteiger partial charge in [-0.3, -0.25) is 0 Å². The first-order valence-electron chi connectivity index (χ1n) is 5.78. The van der Waals surface area contributed by atoms with E-state index in [1.807, 2.05) is 31.2 Å². The first kappa shape index (κ1) is 12.1. The summed E-state index contributed by atoms with van der Waals surface area (Å²) in [6, 6.07) is 11.4. The standard InChI is InChI=1S/C14H15N3O/c1-10(8-12-5-3-7-18-12)17-13-6-2-4-11(9-15)14(13)16/h2-7,10,17H,8,16H2,1H3. The number of hydrogen-bond acceptors (Lipinski definition) is 4. The summed E-state index contributed by atoms with van der Waals surface area (Å²) in [5.41, 5.74) is 7.68. The lowest BCUT2D eigenvalue weighted by Crippen LogP contribution is -2.18. The summed E-state index contributed by atoms with van der Waals surface area (Å²) in [6.45, 7) is 2.04. The van der Waals surface area contributed by atoms with Crippen molar-refractivity contribution in [3.05, 3.63) is 47.9 Å². The van der Waals surface area contributed by atoms with Gasteiger partial charge in [-0.25, -0.2) is 0 Å². The minimum Gasteiger partial charge on any atom is -0.469 e. The Hall–Kier alpha value is -2.41. The predicted octanol–water partition coefficient (Wildman–Crippen LogP) is 2.78. The predicted molar refractivity (Wildman–Crippen MR) is 71.1 cm³/mol. The van der Waals surface area contributed by atoms with Crippen molar-refractivity contribution in [2.45, 2.75) is 19.4 Å². The van der Waals surface area contributed by atoms with E-state index in [1.165, 1.54) is 0 Å². The summed E-state index contributed by atoms with van der Waals surface area (Å²) in [4.78, 5) is 0. The number of nitrogens with two attached hydrogens (primary N) is 1. The van der Waals surface area contributed by atoms with E-state index in [-0.39, 0.29) is 6.04 Å². The van der Waals surface area contributed by atoms with E-state index in [4.69, 9.17) is 15.4 Å². The lowest BCUT2D eigenvalue weighted by Gasteiger charge is -2.16. The molecule has 0 spiro atoms. The number of benzene rings is 1. The second-order valence-electron chi connectivity index (χ2n) is 4.21. The average molecular weight is 241 g/mol. The van der Waals surface area contributed by atoms with Gasteiger partial charge >= 0.3 is 0 Å². The highest BCUT2D eigenvalue weighted by Gasteiger charge is 2.09. The van der Waals surface area contributed by atoms with Crippen LogP contribution >= 0.6 is 0 Å². The third-order valence-corrected chi connectivity index (χ3v) is 2.72. The van der Waals surface area contributed by atoms with E-state index in [2.05, 4.69) is 11.4 Å². The molecule has 0 radical (unpaired) electrons. The molecule has 1 aromatic carbocycles. The number of hydrogen-bond donors (Lipinski definition) is 2. The summed E-state index contributed by atoms with van der Waals surface area (Å²) in [7, 11) is 0. The molecule has 18 heavy (non-hydrogen) atoms. The third-order valence-electron chi connectivity index (χ3n) is 2.72. The fraction of sp³-hybridized carbons (Fsp3) is 0.214. The summed E-state index contributed by atoms with van der Waals surface area (Å²) < 4.78 is 5.29. The van der Waals surface area contributed by atoms with Crippen LogP contribution in [-0.4, -0.2) is 6.04 Å². The molecule has 0 aliphatic heterocycles. The second kappa shape index (κ2) is 5.28. The van der Waals surface area contributed by atoms with Gasteiger partial charge in [0.2, 0.25) is 0 Å². The van der Waals surface area contributed by atoms with E-state index >= 15 is 0 Å². The maximum absolute atomic E-state index is 8.91. The van der Waals surface area contributed by atoms with Gasteiger partial charge in [-0.2, -0.15) is 5.26 Å². The van der Waals surface area contributed by atoms with Crippen LogP contribution in [-0.2, 0) is 6.42 Å². The molecule has 0 fully saturated rings. The topological polar surface area (TPSA) is 75.0 Å². The van der Waals surface area contributed by atoms with Crippen molar-refractivity contribution in [3.8, 4) is 6.07 Å². The molecule has 0 aliphatic rings. The Morgan fingerprint density at radius 2 is 2.22 bits per heavy atom. The van der Waals surface area contributed by atoms with Gasteiger partial charge in [-0.1, -0.05) is 6.07 Å². The zero-order chi connectivity index (χ0) is 13.0. The van der Waals surface area contributed by atoms with Crippen LogP contribution in [0.2, 0.25) is 0 Å². The van der Waals surface area contributed by atoms with Crippen LogP contribution in [0.5, 0.6) is 0 Å². The number of nitrogen functional groups attached to an aromatic ring is 1. The van der Waals surface area contributed by atoms with Crippen molar-refractivity contribution in [2.24, 2.45) is 0 Å². The van der Waals surface area contributed by atoms with Crippen molar-refractivity contribution in [1.29, 1.82) is 5.26 Å². The molecule has 0 amide bonds. The van der Waals surface area contributed by atoms with E-state index in [0.717, 1.165) is 17.9 Å². The van der Waals surface area contributed by atoms with Crippen molar-refractivity contribution in [2.75, 3.05) is 11.1 Å². The Labute approximate surface area is 106 Å². The maximum Gasteiger partial charge on any atom is 0.105 e. The monoisotopic (exact) mass is 241 g/mol. The van der Waals surface area contributed by atoms with Crippen molar-refractivity contribution in [1.82, 2.24) is 0 Å². The minimum absolute atomic E-state index is 0.174. The lowest BCUT2D eigenvalue weighted by atomic mass is 10.1. The molecule has 0 bridgehead atoms. The molecule has 1 unspecified atom stereocenters. The molecule has 1 aromatic heterocycles. The largest absolute Gasteiger partial charge is 0.469 e. The highest BCUT2D eigenvalue weighted by Crippen LogP contribution is 2.23. The highest BCUT2D eigenvalue weighted by atomic mass is 16.3. The highest BCUT2D eigenvalue weighted by molar-refractivity contribution is 5.73. The number of anilines is 2. The first-order chi connectivity index (χ1) is 8.70. The summed E-state index contributed by atoms with van der Waals surface area (Å²) in [5.74, 6) is 0.921. The van der Waals surface area contributed by atoms with E-state index in [9.17, 15) is 0 Å². The Kier molecular flexibility index (Phi) is 3.54. The number of nitriles is 1. The molecule has 0 saturated heterocycles. The fourth-order valence-corrected chi connectivity index (χ4v) is 1.84. The SMILES string of the molecule is CC(Cc1ccco1)Nc1cccc(C#N)c1N. The van der Waals surface area contributed by atoms with Crippen LogP contribution in [0.15, 0.2) is 41.0 Å². The van der Waals surface area contributed by atoms with E-state index < -0.39 is 0 Å². The van der Waals surface area contributed by atoms with Gasteiger partial charge in [0.1, 0.15) is 11.8 Å². The van der Waals surface area contributed by atoms with Crippen LogP contribution in [0.1, 0.15) is 18.2 Å². The van der Waals surface area contributed by atoms with Crippen LogP contribution in [0.25, 0.3) is 0 Å². The minimum atomic E-state index is 0.174. The van der Waals surface area contributed by atoms with Gasteiger partial charge in [0.25, 0.3) is 0 Å². The van der Waals surface area contributed by atoms with Crippen molar-refractivity contribution >= 4 is 11.4 Å². The average Bonchev–Trinajstić information content (AvgIpc) is 2.84. The Morgan fingerprint density at radius 3 is 2.89 bits per heavy atom. The normalized spacial score (nSPS) is 11.8. The van der Waals surface area contributed by atoms with Gasteiger partial charge < -0.3 is 15.5 Å². The molecule has 4 heteroatoms. The molecular weight excluding hydrogens is 226 g/mol. The number of nitrogens with one attached hydrogen (secondary N) is 1. The molecule has 1 atom stereocenters. The molecule has 92 valence electrons. The Balaban J connectivity index is 2.08.